The van der Waals surface area contributed by atoms with E-state index in [0.29, 0.717) is 32.0 Å². The van der Waals surface area contributed by atoms with Crippen LogP contribution in [0.1, 0.15) is 27.2 Å². The Morgan fingerprint density at radius 1 is 1.11 bits per heavy atom. The Morgan fingerprint density at radius 2 is 1.79 bits per heavy atom. The third-order valence-corrected chi connectivity index (χ3v) is 2.83. The van der Waals surface area contributed by atoms with Crippen molar-refractivity contribution in [2.24, 2.45) is 5.92 Å². The molecule has 1 unspecified atom stereocenters. The van der Waals surface area contributed by atoms with Crippen LogP contribution in [-0.2, 0) is 14.3 Å². The lowest BCUT2D eigenvalue weighted by Crippen LogP contribution is -2.42. The van der Waals surface area contributed by atoms with Crippen molar-refractivity contribution in [3.8, 4) is 0 Å². The SMILES string of the molecule is COCCNC(=O)CCNCC(=O)NC(C)C(C)C. The van der Waals surface area contributed by atoms with E-state index in [-0.39, 0.29) is 24.4 Å². The number of hydrogen-bond donors (Lipinski definition) is 3. The van der Waals surface area contributed by atoms with E-state index in [2.05, 4.69) is 29.8 Å². The quantitative estimate of drug-likeness (QED) is 0.485. The van der Waals surface area contributed by atoms with Gasteiger partial charge in [-0.15, -0.1) is 0 Å². The van der Waals surface area contributed by atoms with Crippen molar-refractivity contribution in [1.29, 1.82) is 0 Å². The highest BCUT2D eigenvalue weighted by atomic mass is 16.5. The van der Waals surface area contributed by atoms with Crippen LogP contribution in [0.3, 0.4) is 0 Å². The number of carbonyl (C=O) groups is 2. The highest BCUT2D eigenvalue weighted by Crippen LogP contribution is 1.98. The molecule has 0 fully saturated rings. The molecule has 6 heteroatoms. The monoisotopic (exact) mass is 273 g/mol. The van der Waals surface area contributed by atoms with Crippen molar-refractivity contribution in [2.45, 2.75) is 33.2 Å². The minimum absolute atomic E-state index is 0.0407. The summed E-state index contributed by atoms with van der Waals surface area (Å²) in [4.78, 5) is 22.8. The van der Waals surface area contributed by atoms with Gasteiger partial charge in [0.05, 0.1) is 13.2 Å². The Labute approximate surface area is 115 Å². The van der Waals surface area contributed by atoms with Crippen LogP contribution < -0.4 is 16.0 Å². The molecular weight excluding hydrogens is 246 g/mol. The van der Waals surface area contributed by atoms with E-state index in [1.54, 1.807) is 7.11 Å². The largest absolute Gasteiger partial charge is 0.383 e. The third-order valence-electron chi connectivity index (χ3n) is 2.83. The lowest BCUT2D eigenvalue weighted by atomic mass is 10.1. The van der Waals surface area contributed by atoms with Crippen molar-refractivity contribution >= 4 is 11.8 Å². The van der Waals surface area contributed by atoms with Crippen LogP contribution in [0.2, 0.25) is 0 Å². The van der Waals surface area contributed by atoms with E-state index in [4.69, 9.17) is 4.74 Å². The predicted octanol–water partition coefficient (Wildman–Crippen LogP) is -0.111. The van der Waals surface area contributed by atoms with Crippen molar-refractivity contribution in [3.63, 3.8) is 0 Å². The van der Waals surface area contributed by atoms with Gasteiger partial charge in [0, 0.05) is 32.7 Å². The molecule has 0 aliphatic carbocycles. The Hall–Kier alpha value is -1.14. The molecule has 0 aromatic carbocycles. The average molecular weight is 273 g/mol. The van der Waals surface area contributed by atoms with Crippen LogP contribution in [0.5, 0.6) is 0 Å². The van der Waals surface area contributed by atoms with Gasteiger partial charge in [0.15, 0.2) is 0 Å². The minimum atomic E-state index is -0.0412. The molecule has 0 radical (unpaired) electrons. The predicted molar refractivity (Wildman–Crippen MR) is 74.8 cm³/mol. The van der Waals surface area contributed by atoms with Gasteiger partial charge in [-0.2, -0.15) is 0 Å². The van der Waals surface area contributed by atoms with E-state index in [9.17, 15) is 9.59 Å². The fourth-order valence-corrected chi connectivity index (χ4v) is 1.26. The highest BCUT2D eigenvalue weighted by molar-refractivity contribution is 5.78. The third kappa shape index (κ3) is 10.5. The van der Waals surface area contributed by atoms with Crippen LogP contribution in [0, 0.1) is 5.92 Å². The summed E-state index contributed by atoms with van der Waals surface area (Å²) in [5, 5.41) is 8.55. The number of carbonyl (C=O) groups excluding carboxylic acids is 2. The van der Waals surface area contributed by atoms with Gasteiger partial charge >= 0.3 is 0 Å². The van der Waals surface area contributed by atoms with E-state index in [1.165, 1.54) is 0 Å². The Morgan fingerprint density at radius 3 is 2.37 bits per heavy atom. The second-order valence-corrected chi connectivity index (χ2v) is 4.87. The highest BCUT2D eigenvalue weighted by Gasteiger charge is 2.10. The Balaban J connectivity index is 3.52. The second kappa shape index (κ2) is 10.8. The van der Waals surface area contributed by atoms with Gasteiger partial charge in [0.25, 0.3) is 0 Å². The molecule has 1 atom stereocenters. The maximum Gasteiger partial charge on any atom is 0.234 e. The van der Waals surface area contributed by atoms with Gasteiger partial charge in [-0.25, -0.2) is 0 Å². The molecule has 19 heavy (non-hydrogen) atoms. The zero-order chi connectivity index (χ0) is 14.7. The molecule has 0 rings (SSSR count). The van der Waals surface area contributed by atoms with Crippen LogP contribution >= 0.6 is 0 Å². The minimum Gasteiger partial charge on any atom is -0.383 e. The second-order valence-electron chi connectivity index (χ2n) is 4.87. The molecule has 0 aromatic heterocycles. The van der Waals surface area contributed by atoms with E-state index in [0.717, 1.165) is 0 Å². The number of amides is 2. The first-order valence-corrected chi connectivity index (χ1v) is 6.73. The molecule has 3 N–H and O–H groups in total. The Bertz CT molecular complexity index is 270. The molecule has 0 bridgehead atoms. The first-order chi connectivity index (χ1) is 8.97. The lowest BCUT2D eigenvalue weighted by molar-refractivity contribution is -0.122. The number of methoxy groups -OCH3 is 1. The summed E-state index contributed by atoms with van der Waals surface area (Å²) in [6.07, 6.45) is 0.358. The maximum atomic E-state index is 11.5. The van der Waals surface area contributed by atoms with E-state index >= 15 is 0 Å². The van der Waals surface area contributed by atoms with Gasteiger partial charge in [-0.05, 0) is 12.8 Å². The van der Waals surface area contributed by atoms with E-state index in [1.807, 2.05) is 6.92 Å². The zero-order valence-corrected chi connectivity index (χ0v) is 12.4. The smallest absolute Gasteiger partial charge is 0.234 e. The first kappa shape index (κ1) is 17.9. The molecule has 0 saturated carbocycles. The van der Waals surface area contributed by atoms with Crippen LogP contribution in [0.15, 0.2) is 0 Å². The molecule has 6 nitrogen and oxygen atoms in total. The standard InChI is InChI=1S/C13H27N3O3/c1-10(2)11(3)16-13(18)9-14-6-5-12(17)15-7-8-19-4/h10-11,14H,5-9H2,1-4H3,(H,15,17)(H,16,18). The molecule has 0 saturated heterocycles. The molecule has 112 valence electrons. The topological polar surface area (TPSA) is 79.5 Å². The molecule has 0 spiro atoms. The van der Waals surface area contributed by atoms with Crippen LogP contribution in [0.25, 0.3) is 0 Å². The number of rotatable bonds is 10. The Kier molecular flexibility index (Phi) is 10.1. The summed E-state index contributed by atoms with van der Waals surface area (Å²) in [5.74, 6) is 0.331. The molecule has 0 aliphatic rings. The summed E-state index contributed by atoms with van der Waals surface area (Å²) >= 11 is 0. The van der Waals surface area contributed by atoms with Crippen molar-refractivity contribution in [2.75, 3.05) is 33.4 Å². The maximum absolute atomic E-state index is 11.5. The normalized spacial score (nSPS) is 12.3. The van der Waals surface area contributed by atoms with Crippen molar-refractivity contribution in [3.05, 3.63) is 0 Å². The first-order valence-electron chi connectivity index (χ1n) is 6.73. The van der Waals surface area contributed by atoms with Gasteiger partial charge < -0.3 is 20.7 Å². The molecular formula is C13H27N3O3. The van der Waals surface area contributed by atoms with Gasteiger partial charge in [-0.3, -0.25) is 9.59 Å². The molecule has 0 heterocycles. The fraction of sp³-hybridized carbons (Fsp3) is 0.846. The van der Waals surface area contributed by atoms with E-state index < -0.39 is 0 Å². The van der Waals surface area contributed by atoms with Crippen molar-refractivity contribution < 1.29 is 14.3 Å². The molecule has 2 amide bonds. The van der Waals surface area contributed by atoms with Gasteiger partial charge in [0.1, 0.15) is 0 Å². The molecule has 0 aliphatic heterocycles. The van der Waals surface area contributed by atoms with Crippen LogP contribution in [-0.4, -0.2) is 51.2 Å². The fourth-order valence-electron chi connectivity index (χ4n) is 1.26. The number of hydrogen-bond acceptors (Lipinski definition) is 4. The number of ether oxygens (including phenoxy) is 1. The summed E-state index contributed by atoms with van der Waals surface area (Å²) < 4.78 is 4.82. The van der Waals surface area contributed by atoms with Crippen LogP contribution in [0.4, 0.5) is 0 Å². The summed E-state index contributed by atoms with van der Waals surface area (Å²) in [6.45, 7) is 7.85. The average Bonchev–Trinajstić information content (AvgIpc) is 2.34. The summed E-state index contributed by atoms with van der Waals surface area (Å²) in [6, 6.07) is 0.159. The summed E-state index contributed by atoms with van der Waals surface area (Å²) in [5.41, 5.74) is 0. The van der Waals surface area contributed by atoms with Gasteiger partial charge in [-0.1, -0.05) is 13.8 Å². The van der Waals surface area contributed by atoms with Gasteiger partial charge in [0.2, 0.25) is 11.8 Å². The lowest BCUT2D eigenvalue weighted by Gasteiger charge is -2.17. The summed E-state index contributed by atoms with van der Waals surface area (Å²) in [7, 11) is 1.59. The molecule has 0 aromatic rings. The zero-order valence-electron chi connectivity index (χ0n) is 12.4. The van der Waals surface area contributed by atoms with Crippen molar-refractivity contribution in [1.82, 2.24) is 16.0 Å². The number of nitrogens with one attached hydrogen (secondary N) is 3.